The molecule has 0 heterocycles. The average molecular weight is 256 g/mol. The number of ether oxygens (including phenoxy) is 4. The second-order valence-electron chi connectivity index (χ2n) is 2.64. The third-order valence-electron chi connectivity index (χ3n) is 1.93. The van der Waals surface area contributed by atoms with Crippen LogP contribution in [0.5, 0.6) is 23.0 Å². The molecule has 0 amide bonds. The average Bonchev–Trinajstić information content (AvgIpc) is 2.27. The Balaban J connectivity index is 3.44. The van der Waals surface area contributed by atoms with E-state index in [0.29, 0.717) is 27.5 Å². The molecule has 0 atom stereocenters. The summed E-state index contributed by atoms with van der Waals surface area (Å²) in [7, 11) is 6.17. The van der Waals surface area contributed by atoms with Crippen LogP contribution in [0.1, 0.15) is 0 Å². The monoisotopic (exact) mass is 256 g/mol. The van der Waals surface area contributed by atoms with Crippen LogP contribution in [0.3, 0.4) is 0 Å². The molecule has 0 fully saturated rings. The van der Waals surface area contributed by atoms with Crippen LogP contribution in [0.4, 0.5) is 0 Å². The van der Waals surface area contributed by atoms with Gasteiger partial charge in [-0.25, -0.2) is 0 Å². The van der Waals surface area contributed by atoms with E-state index in [1.165, 1.54) is 14.2 Å². The van der Waals surface area contributed by atoms with Crippen molar-refractivity contribution < 1.29 is 34.7 Å². The molecule has 0 saturated carbocycles. The molecule has 0 spiro atoms. The van der Waals surface area contributed by atoms with Crippen LogP contribution in [-0.2, 0) is 15.7 Å². The number of hydrogen-bond acceptors (Lipinski definition) is 4. The summed E-state index contributed by atoms with van der Waals surface area (Å²) in [6, 6.07) is 1.71. The molecule has 0 unspecified atom stereocenters. The van der Waals surface area contributed by atoms with Gasteiger partial charge in [-0.2, -0.15) is 0 Å². The number of methoxy groups -OCH3 is 4. The quantitative estimate of drug-likeness (QED) is 0.801. The van der Waals surface area contributed by atoms with E-state index in [4.69, 9.17) is 18.9 Å². The normalized spacial score (nSPS) is 9.73. The summed E-state index contributed by atoms with van der Waals surface area (Å²) in [5.74, 6) is 2.05. The van der Waals surface area contributed by atoms with Gasteiger partial charge in [-0.3, -0.25) is 0 Å². The van der Waals surface area contributed by atoms with Crippen LogP contribution in [0, 0.1) is 0 Å². The summed E-state index contributed by atoms with van der Waals surface area (Å²) in [4.78, 5) is 0. The van der Waals surface area contributed by atoms with Gasteiger partial charge in [-0.15, -0.1) is 0 Å². The third kappa shape index (κ3) is 2.13. The fourth-order valence-electron chi connectivity index (χ4n) is 1.27. The predicted molar refractivity (Wildman–Crippen MR) is 52.3 cm³/mol. The third-order valence-corrected chi connectivity index (χ3v) is 2.31. The Bertz CT molecular complexity index is 352. The number of benzene rings is 1. The van der Waals surface area contributed by atoms with Gasteiger partial charge in [0.05, 0.1) is 0 Å². The second-order valence-corrected chi connectivity index (χ2v) is 3.20. The van der Waals surface area contributed by atoms with Crippen LogP contribution < -0.4 is 23.4 Å². The van der Waals surface area contributed by atoms with Gasteiger partial charge in [-0.1, -0.05) is 0 Å². The van der Waals surface area contributed by atoms with Crippen LogP contribution in [0.15, 0.2) is 6.07 Å². The van der Waals surface area contributed by atoms with Crippen molar-refractivity contribution in [1.82, 2.24) is 0 Å². The first kappa shape index (κ1) is 12.0. The van der Waals surface area contributed by atoms with E-state index in [0.717, 1.165) is 0 Å². The van der Waals surface area contributed by atoms with E-state index >= 15 is 0 Å². The number of hydrogen-bond donors (Lipinski definition) is 0. The molecule has 86 valence electrons. The Morgan fingerprint density at radius 1 is 0.800 bits per heavy atom. The molecule has 0 saturated heterocycles. The summed E-state index contributed by atoms with van der Waals surface area (Å²) in [5, 5.41) is 0. The van der Waals surface area contributed by atoms with Crippen molar-refractivity contribution in [1.29, 1.82) is 0 Å². The molecule has 0 bridgehead atoms. The van der Waals surface area contributed by atoms with Gasteiger partial charge in [0.2, 0.25) is 0 Å². The molecular weight excluding hydrogens is 243 g/mol. The van der Waals surface area contributed by atoms with Gasteiger partial charge in [0.1, 0.15) is 0 Å². The van der Waals surface area contributed by atoms with E-state index in [9.17, 15) is 0 Å². The predicted octanol–water partition coefficient (Wildman–Crippen LogP) is 0.893. The van der Waals surface area contributed by atoms with E-state index < -0.39 is 0 Å². The fraction of sp³-hybridized carbons (Fsp3) is 0.400. The van der Waals surface area contributed by atoms with Crippen molar-refractivity contribution in [3.63, 3.8) is 0 Å². The van der Waals surface area contributed by atoms with E-state index in [2.05, 4.69) is 15.7 Å². The first-order valence-corrected chi connectivity index (χ1v) is 4.71. The molecule has 1 aromatic carbocycles. The Hall–Kier alpha value is -1.07. The van der Waals surface area contributed by atoms with Gasteiger partial charge in [-0.05, 0) is 0 Å². The fourth-order valence-corrected chi connectivity index (χ4v) is 1.64. The molecule has 0 aliphatic carbocycles. The maximum atomic E-state index is 5.20. The Morgan fingerprint density at radius 2 is 1.33 bits per heavy atom. The molecule has 1 rings (SSSR count). The van der Waals surface area contributed by atoms with Gasteiger partial charge < -0.3 is 0 Å². The first-order valence-electron chi connectivity index (χ1n) is 4.19. The zero-order valence-electron chi connectivity index (χ0n) is 9.04. The first-order chi connectivity index (χ1) is 7.19. The maximum absolute atomic E-state index is 5.20. The summed E-state index contributed by atoms with van der Waals surface area (Å²) in [6.07, 6.45) is 0. The van der Waals surface area contributed by atoms with E-state index in [1.54, 1.807) is 20.3 Å². The summed E-state index contributed by atoms with van der Waals surface area (Å²) in [5.41, 5.74) is 0. The second kappa shape index (κ2) is 5.13. The Kier molecular flexibility index (Phi) is 4.11. The van der Waals surface area contributed by atoms with Crippen molar-refractivity contribution in [3.8, 4) is 23.0 Å². The standard InChI is InChI=1S/C10H13O4.Co/c1-11-7-5-6-8(12-2)10(14-4)9(7)13-3;/h5H,1-4H3;. The summed E-state index contributed by atoms with van der Waals surface area (Å²) >= 11 is 4.32. The molecule has 0 aliphatic heterocycles. The molecule has 15 heavy (non-hydrogen) atoms. The molecule has 1 aromatic rings. The minimum atomic E-state index is 0.475. The van der Waals surface area contributed by atoms with Gasteiger partial charge in [0.25, 0.3) is 0 Å². The van der Waals surface area contributed by atoms with Crippen LogP contribution in [0.25, 0.3) is 0 Å². The van der Waals surface area contributed by atoms with Crippen molar-refractivity contribution in [3.05, 3.63) is 6.07 Å². The van der Waals surface area contributed by atoms with Crippen LogP contribution in [-0.4, -0.2) is 28.4 Å². The SMILES string of the molecule is COc1c[c]([Co])c(OC)c(OC)c1OC. The molecule has 0 aliphatic rings. The van der Waals surface area contributed by atoms with Gasteiger partial charge >= 0.3 is 96.7 Å². The molecular formula is C10H13CoO4. The number of rotatable bonds is 4. The summed E-state index contributed by atoms with van der Waals surface area (Å²) in [6.45, 7) is 0. The van der Waals surface area contributed by atoms with Crippen molar-refractivity contribution in [2.45, 2.75) is 0 Å². The summed E-state index contributed by atoms with van der Waals surface area (Å²) < 4.78 is 21.3. The zero-order valence-corrected chi connectivity index (χ0v) is 10.1. The molecule has 0 aromatic heterocycles. The minimum absolute atomic E-state index is 0.475. The Morgan fingerprint density at radius 3 is 1.73 bits per heavy atom. The van der Waals surface area contributed by atoms with Gasteiger partial charge in [0.15, 0.2) is 0 Å². The van der Waals surface area contributed by atoms with Crippen molar-refractivity contribution in [2.24, 2.45) is 0 Å². The molecule has 5 heteroatoms. The molecule has 4 nitrogen and oxygen atoms in total. The topological polar surface area (TPSA) is 36.9 Å². The van der Waals surface area contributed by atoms with Crippen molar-refractivity contribution in [2.75, 3.05) is 28.4 Å². The van der Waals surface area contributed by atoms with Crippen LogP contribution >= 0.6 is 0 Å². The van der Waals surface area contributed by atoms with E-state index in [1.807, 2.05) is 0 Å². The Labute approximate surface area is 97.1 Å². The zero-order chi connectivity index (χ0) is 11.4. The molecule has 0 N–H and O–H groups in total. The van der Waals surface area contributed by atoms with E-state index in [-0.39, 0.29) is 0 Å². The van der Waals surface area contributed by atoms with Crippen molar-refractivity contribution >= 4 is 4.50 Å². The van der Waals surface area contributed by atoms with Crippen LogP contribution in [0.2, 0.25) is 0 Å². The van der Waals surface area contributed by atoms with Gasteiger partial charge in [0, 0.05) is 0 Å². The molecule has 0 radical (unpaired) electrons.